The normalized spacial score (nSPS) is 53.8. The standard InChI is InChI=1S/C10H19NO/c1-7-4-8-6-10(12,5-7)3-2-9(8)11/h7-9,12H,2-6,11H2,1H3. The Balaban J connectivity index is 2.12. The molecule has 2 bridgehead atoms. The first-order valence-corrected chi connectivity index (χ1v) is 5.07. The van der Waals surface area contributed by atoms with E-state index in [-0.39, 0.29) is 5.60 Å². The lowest BCUT2D eigenvalue weighted by Crippen LogP contribution is -2.49. The van der Waals surface area contributed by atoms with E-state index in [1.165, 1.54) is 6.42 Å². The number of nitrogens with two attached hydrogens (primary N) is 1. The van der Waals surface area contributed by atoms with Crippen LogP contribution in [0.3, 0.4) is 0 Å². The van der Waals surface area contributed by atoms with Crippen LogP contribution in [0.25, 0.3) is 0 Å². The van der Waals surface area contributed by atoms with Gasteiger partial charge < -0.3 is 10.8 Å². The van der Waals surface area contributed by atoms with Gasteiger partial charge in [0.15, 0.2) is 0 Å². The second kappa shape index (κ2) is 2.71. The molecule has 12 heavy (non-hydrogen) atoms. The average Bonchev–Trinajstić information content (AvgIpc) is 1.96. The molecule has 0 spiro atoms. The summed E-state index contributed by atoms with van der Waals surface area (Å²) in [4.78, 5) is 0. The Kier molecular flexibility index (Phi) is 1.92. The molecule has 0 radical (unpaired) electrons. The Hall–Kier alpha value is -0.0800. The van der Waals surface area contributed by atoms with Crippen LogP contribution >= 0.6 is 0 Å². The molecule has 2 nitrogen and oxygen atoms in total. The summed E-state index contributed by atoms with van der Waals surface area (Å²) < 4.78 is 0. The van der Waals surface area contributed by atoms with Crippen LogP contribution in [0.2, 0.25) is 0 Å². The maximum atomic E-state index is 10.1. The van der Waals surface area contributed by atoms with Crippen LogP contribution in [0.15, 0.2) is 0 Å². The van der Waals surface area contributed by atoms with Gasteiger partial charge in [0, 0.05) is 6.04 Å². The summed E-state index contributed by atoms with van der Waals surface area (Å²) in [6.07, 6.45) is 5.13. The summed E-state index contributed by atoms with van der Waals surface area (Å²) in [6.45, 7) is 2.23. The van der Waals surface area contributed by atoms with E-state index < -0.39 is 0 Å². The fourth-order valence-electron chi connectivity index (χ4n) is 3.10. The van der Waals surface area contributed by atoms with E-state index in [1.54, 1.807) is 0 Å². The lowest BCUT2D eigenvalue weighted by atomic mass is 9.64. The zero-order chi connectivity index (χ0) is 8.77. The van der Waals surface area contributed by atoms with Crippen LogP contribution in [0.1, 0.15) is 39.0 Å². The third kappa shape index (κ3) is 1.38. The number of fused-ring (bicyclic) bond motifs is 2. The third-order valence-electron chi connectivity index (χ3n) is 3.62. The quantitative estimate of drug-likeness (QED) is 0.573. The minimum atomic E-state index is -0.349. The molecular formula is C10H19NO. The fraction of sp³-hybridized carbons (Fsp3) is 1.00. The summed E-state index contributed by atoms with van der Waals surface area (Å²) in [5.41, 5.74) is 5.65. The van der Waals surface area contributed by atoms with E-state index in [1.807, 2.05) is 0 Å². The molecule has 2 aliphatic rings. The minimum absolute atomic E-state index is 0.349. The highest BCUT2D eigenvalue weighted by Gasteiger charge is 2.43. The van der Waals surface area contributed by atoms with Crippen LogP contribution in [0.5, 0.6) is 0 Å². The summed E-state index contributed by atoms with van der Waals surface area (Å²) in [5.74, 6) is 1.26. The van der Waals surface area contributed by atoms with Crippen LogP contribution < -0.4 is 5.73 Å². The highest BCUT2D eigenvalue weighted by atomic mass is 16.3. The highest BCUT2D eigenvalue weighted by Crippen LogP contribution is 2.44. The summed E-state index contributed by atoms with van der Waals surface area (Å²) >= 11 is 0. The summed E-state index contributed by atoms with van der Waals surface area (Å²) in [7, 11) is 0. The largest absolute Gasteiger partial charge is 0.390 e. The molecule has 2 fully saturated rings. The molecule has 4 atom stereocenters. The number of rotatable bonds is 0. The molecule has 0 saturated heterocycles. The molecule has 0 amide bonds. The highest BCUT2D eigenvalue weighted by molar-refractivity contribution is 4.97. The molecule has 2 rings (SSSR count). The first-order chi connectivity index (χ1) is 5.59. The maximum absolute atomic E-state index is 10.1. The van der Waals surface area contributed by atoms with Crippen molar-refractivity contribution < 1.29 is 5.11 Å². The van der Waals surface area contributed by atoms with Crippen molar-refractivity contribution in [2.45, 2.75) is 50.7 Å². The van der Waals surface area contributed by atoms with Gasteiger partial charge in [-0.15, -0.1) is 0 Å². The molecule has 4 unspecified atom stereocenters. The van der Waals surface area contributed by atoms with E-state index in [4.69, 9.17) is 5.73 Å². The Morgan fingerprint density at radius 1 is 1.42 bits per heavy atom. The lowest BCUT2D eigenvalue weighted by molar-refractivity contribution is -0.0701. The van der Waals surface area contributed by atoms with Crippen LogP contribution in [-0.4, -0.2) is 16.7 Å². The first-order valence-electron chi connectivity index (χ1n) is 5.07. The Labute approximate surface area is 74.1 Å². The van der Waals surface area contributed by atoms with Crippen molar-refractivity contribution in [1.29, 1.82) is 0 Å². The minimum Gasteiger partial charge on any atom is -0.390 e. The molecule has 70 valence electrons. The van der Waals surface area contributed by atoms with Gasteiger partial charge in [-0.3, -0.25) is 0 Å². The first kappa shape index (κ1) is 8.52. The van der Waals surface area contributed by atoms with Crippen molar-refractivity contribution in [1.82, 2.24) is 0 Å². The third-order valence-corrected chi connectivity index (χ3v) is 3.62. The SMILES string of the molecule is CC1CC2CC(O)(CCC2N)C1. The number of hydrogen-bond donors (Lipinski definition) is 2. The van der Waals surface area contributed by atoms with Gasteiger partial charge in [0.25, 0.3) is 0 Å². The van der Waals surface area contributed by atoms with Gasteiger partial charge in [0.1, 0.15) is 0 Å². The molecule has 2 aliphatic carbocycles. The molecule has 0 aromatic rings. The van der Waals surface area contributed by atoms with Crippen molar-refractivity contribution in [2.24, 2.45) is 17.6 Å². The Morgan fingerprint density at radius 3 is 2.92 bits per heavy atom. The van der Waals surface area contributed by atoms with E-state index in [9.17, 15) is 5.11 Å². The van der Waals surface area contributed by atoms with Crippen molar-refractivity contribution >= 4 is 0 Å². The van der Waals surface area contributed by atoms with E-state index in [0.717, 1.165) is 25.7 Å². The molecule has 3 N–H and O–H groups in total. The topological polar surface area (TPSA) is 46.2 Å². The van der Waals surface area contributed by atoms with Crippen molar-refractivity contribution in [3.63, 3.8) is 0 Å². The zero-order valence-corrected chi connectivity index (χ0v) is 7.79. The molecule has 0 aromatic heterocycles. The van der Waals surface area contributed by atoms with Crippen LogP contribution in [-0.2, 0) is 0 Å². The number of hydrogen-bond acceptors (Lipinski definition) is 2. The lowest BCUT2D eigenvalue weighted by Gasteiger charge is -2.47. The van der Waals surface area contributed by atoms with Crippen LogP contribution in [0.4, 0.5) is 0 Å². The number of aliphatic hydroxyl groups is 1. The second-order valence-electron chi connectivity index (χ2n) is 4.94. The zero-order valence-electron chi connectivity index (χ0n) is 7.79. The summed E-state index contributed by atoms with van der Waals surface area (Å²) in [6, 6.07) is 0.355. The predicted molar refractivity (Wildman–Crippen MR) is 48.7 cm³/mol. The van der Waals surface area contributed by atoms with Crippen LogP contribution in [0, 0.1) is 11.8 Å². The van der Waals surface area contributed by atoms with E-state index in [2.05, 4.69) is 6.92 Å². The monoisotopic (exact) mass is 169 g/mol. The predicted octanol–water partition coefficient (Wildman–Crippen LogP) is 1.27. The van der Waals surface area contributed by atoms with E-state index in [0.29, 0.717) is 17.9 Å². The Bertz CT molecular complexity index is 183. The second-order valence-corrected chi connectivity index (χ2v) is 4.94. The smallest absolute Gasteiger partial charge is 0.0654 e. The fourth-order valence-corrected chi connectivity index (χ4v) is 3.10. The molecular weight excluding hydrogens is 150 g/mol. The van der Waals surface area contributed by atoms with Gasteiger partial charge in [-0.1, -0.05) is 6.92 Å². The van der Waals surface area contributed by atoms with Gasteiger partial charge in [-0.25, -0.2) is 0 Å². The molecule has 2 heteroatoms. The Morgan fingerprint density at radius 2 is 2.17 bits per heavy atom. The molecule has 0 heterocycles. The summed E-state index contributed by atoms with van der Waals surface area (Å²) in [5, 5.41) is 10.1. The average molecular weight is 169 g/mol. The van der Waals surface area contributed by atoms with Gasteiger partial charge >= 0.3 is 0 Å². The maximum Gasteiger partial charge on any atom is 0.0654 e. The van der Waals surface area contributed by atoms with Gasteiger partial charge in [-0.05, 0) is 43.9 Å². The van der Waals surface area contributed by atoms with Crippen molar-refractivity contribution in [2.75, 3.05) is 0 Å². The van der Waals surface area contributed by atoms with E-state index >= 15 is 0 Å². The van der Waals surface area contributed by atoms with Gasteiger partial charge in [-0.2, -0.15) is 0 Å². The molecule has 0 aromatic carbocycles. The van der Waals surface area contributed by atoms with Crippen molar-refractivity contribution in [3.8, 4) is 0 Å². The molecule has 2 saturated carbocycles. The molecule has 0 aliphatic heterocycles. The van der Waals surface area contributed by atoms with Crippen molar-refractivity contribution in [3.05, 3.63) is 0 Å². The van der Waals surface area contributed by atoms with Gasteiger partial charge in [0.2, 0.25) is 0 Å². The van der Waals surface area contributed by atoms with Gasteiger partial charge in [0.05, 0.1) is 5.60 Å².